The van der Waals surface area contributed by atoms with Gasteiger partial charge in [-0.15, -0.1) is 11.3 Å². The monoisotopic (exact) mass is 432 g/mol. The van der Waals surface area contributed by atoms with Gasteiger partial charge in [0.05, 0.1) is 24.6 Å². The first-order valence-electron chi connectivity index (χ1n) is 10.6. The Morgan fingerprint density at radius 2 is 1.90 bits per heavy atom. The molecule has 1 fully saturated rings. The summed E-state index contributed by atoms with van der Waals surface area (Å²) in [5, 5.41) is 5.21. The van der Waals surface area contributed by atoms with E-state index in [2.05, 4.69) is 5.32 Å². The van der Waals surface area contributed by atoms with Gasteiger partial charge in [-0.1, -0.05) is 42.0 Å². The minimum atomic E-state index is -0.442. The third-order valence-corrected chi connectivity index (χ3v) is 7.02. The van der Waals surface area contributed by atoms with E-state index < -0.39 is 5.92 Å². The van der Waals surface area contributed by atoms with E-state index in [9.17, 15) is 9.59 Å². The van der Waals surface area contributed by atoms with Crippen molar-refractivity contribution in [3.05, 3.63) is 82.0 Å². The second-order valence-electron chi connectivity index (χ2n) is 8.11. The van der Waals surface area contributed by atoms with Crippen LogP contribution in [0.4, 0.5) is 5.69 Å². The molecule has 2 aromatic carbocycles. The van der Waals surface area contributed by atoms with Gasteiger partial charge in [0.1, 0.15) is 5.75 Å². The zero-order chi connectivity index (χ0) is 21.4. The van der Waals surface area contributed by atoms with Crippen molar-refractivity contribution in [2.75, 3.05) is 11.5 Å². The summed E-state index contributed by atoms with van der Waals surface area (Å²) in [4.78, 5) is 29.4. The summed E-state index contributed by atoms with van der Waals surface area (Å²) < 4.78 is 5.73. The normalized spacial score (nSPS) is 22.7. The number of benzene rings is 2. The molecule has 0 spiro atoms. The van der Waals surface area contributed by atoms with Gasteiger partial charge in [-0.2, -0.15) is 0 Å². The number of ether oxygens (including phenoxy) is 1. The van der Waals surface area contributed by atoms with Gasteiger partial charge in [0.2, 0.25) is 11.8 Å². The molecule has 1 N–H and O–H groups in total. The molecule has 0 bridgehead atoms. The van der Waals surface area contributed by atoms with E-state index in [1.54, 1.807) is 16.2 Å². The molecule has 0 saturated carbocycles. The number of anilines is 1. The fraction of sp³-hybridized carbons (Fsp3) is 0.280. The van der Waals surface area contributed by atoms with E-state index in [1.807, 2.05) is 73.0 Å². The number of thiophene rings is 1. The van der Waals surface area contributed by atoms with Gasteiger partial charge in [0.25, 0.3) is 0 Å². The van der Waals surface area contributed by atoms with Crippen molar-refractivity contribution in [1.29, 1.82) is 0 Å². The smallest absolute Gasteiger partial charge is 0.228 e. The summed E-state index contributed by atoms with van der Waals surface area (Å²) in [6.45, 7) is 2.59. The average molecular weight is 433 g/mol. The SMILES string of the molecule is Cc1ccc(N2C(=O)CC(C(=O)NC3CCOc4ccccc43)C2c2cccs2)cc1. The number of amides is 2. The Labute approximate surface area is 185 Å². The van der Waals surface area contributed by atoms with Crippen LogP contribution in [0.3, 0.4) is 0 Å². The number of nitrogens with one attached hydrogen (secondary N) is 1. The molecule has 158 valence electrons. The molecule has 2 amide bonds. The minimum absolute atomic E-state index is 0.0187. The van der Waals surface area contributed by atoms with Gasteiger partial charge in [-0.05, 0) is 36.6 Å². The van der Waals surface area contributed by atoms with E-state index in [-0.39, 0.29) is 30.3 Å². The van der Waals surface area contributed by atoms with Crippen molar-refractivity contribution in [2.45, 2.75) is 31.8 Å². The third-order valence-electron chi connectivity index (χ3n) is 6.08. The Morgan fingerprint density at radius 1 is 1.10 bits per heavy atom. The Bertz CT molecular complexity index is 1090. The lowest BCUT2D eigenvalue weighted by Gasteiger charge is -2.30. The average Bonchev–Trinajstić information content (AvgIpc) is 3.42. The second kappa shape index (κ2) is 8.19. The largest absolute Gasteiger partial charge is 0.493 e. The quantitative estimate of drug-likeness (QED) is 0.645. The molecule has 1 saturated heterocycles. The highest BCUT2D eigenvalue weighted by Gasteiger charge is 2.46. The Hall–Kier alpha value is -3.12. The van der Waals surface area contributed by atoms with E-state index in [0.29, 0.717) is 6.61 Å². The highest BCUT2D eigenvalue weighted by molar-refractivity contribution is 7.10. The zero-order valence-electron chi connectivity index (χ0n) is 17.3. The Balaban J connectivity index is 1.45. The number of para-hydroxylation sites is 1. The topological polar surface area (TPSA) is 58.6 Å². The van der Waals surface area contributed by atoms with Crippen LogP contribution in [0.25, 0.3) is 0 Å². The predicted octanol–water partition coefficient (Wildman–Crippen LogP) is 4.79. The molecule has 3 atom stereocenters. The molecule has 0 radical (unpaired) electrons. The van der Waals surface area contributed by atoms with Crippen LogP contribution in [0.15, 0.2) is 66.0 Å². The van der Waals surface area contributed by atoms with Crippen molar-refractivity contribution in [1.82, 2.24) is 5.32 Å². The van der Waals surface area contributed by atoms with Crippen molar-refractivity contribution < 1.29 is 14.3 Å². The van der Waals surface area contributed by atoms with Gasteiger partial charge in [-0.3, -0.25) is 9.59 Å². The molecule has 3 aromatic rings. The maximum Gasteiger partial charge on any atom is 0.228 e. The van der Waals surface area contributed by atoms with E-state index >= 15 is 0 Å². The maximum absolute atomic E-state index is 13.5. The van der Waals surface area contributed by atoms with Crippen LogP contribution in [0.5, 0.6) is 5.75 Å². The van der Waals surface area contributed by atoms with Crippen molar-refractivity contribution in [3.8, 4) is 5.75 Å². The van der Waals surface area contributed by atoms with Gasteiger partial charge >= 0.3 is 0 Å². The number of nitrogens with zero attached hydrogens (tertiary/aromatic N) is 1. The summed E-state index contributed by atoms with van der Waals surface area (Å²) in [5.41, 5.74) is 2.96. The van der Waals surface area contributed by atoms with Gasteiger partial charge < -0.3 is 15.0 Å². The van der Waals surface area contributed by atoms with Gasteiger partial charge in [0, 0.05) is 29.0 Å². The Kier molecular flexibility index (Phi) is 5.24. The summed E-state index contributed by atoms with van der Waals surface area (Å²) in [5.74, 6) is 0.276. The first-order chi connectivity index (χ1) is 15.1. The van der Waals surface area contributed by atoms with E-state index in [1.165, 1.54) is 0 Å². The van der Waals surface area contributed by atoms with Crippen LogP contribution in [0.2, 0.25) is 0 Å². The number of rotatable bonds is 4. The lowest BCUT2D eigenvalue weighted by Crippen LogP contribution is -2.38. The Morgan fingerprint density at radius 3 is 2.68 bits per heavy atom. The van der Waals surface area contributed by atoms with Crippen LogP contribution < -0.4 is 15.0 Å². The predicted molar refractivity (Wildman–Crippen MR) is 121 cm³/mol. The number of hydrogen-bond donors (Lipinski definition) is 1. The van der Waals surface area contributed by atoms with Crippen LogP contribution in [0, 0.1) is 12.8 Å². The molecule has 2 aliphatic rings. The summed E-state index contributed by atoms with van der Waals surface area (Å²) in [6, 6.07) is 19.3. The molecular weight excluding hydrogens is 408 g/mol. The lowest BCUT2D eigenvalue weighted by atomic mass is 9.95. The summed E-state index contributed by atoms with van der Waals surface area (Å²) in [7, 11) is 0. The number of aryl methyl sites for hydroxylation is 1. The third kappa shape index (κ3) is 3.72. The fourth-order valence-electron chi connectivity index (χ4n) is 4.54. The standard InChI is InChI=1S/C25H24N2O3S/c1-16-8-10-17(11-9-16)27-23(28)15-19(24(27)22-7-4-14-31-22)25(29)26-20-12-13-30-21-6-3-2-5-18(20)21/h2-11,14,19-20,24H,12-13,15H2,1H3,(H,26,29). The molecule has 6 heteroatoms. The molecule has 3 unspecified atom stereocenters. The van der Waals surface area contributed by atoms with Crippen LogP contribution in [-0.4, -0.2) is 18.4 Å². The molecule has 2 aliphatic heterocycles. The number of fused-ring (bicyclic) bond motifs is 1. The van der Waals surface area contributed by atoms with Crippen molar-refractivity contribution >= 4 is 28.8 Å². The highest BCUT2D eigenvalue weighted by Crippen LogP contribution is 2.43. The first kappa shape index (κ1) is 19.8. The molecule has 5 nitrogen and oxygen atoms in total. The van der Waals surface area contributed by atoms with Crippen molar-refractivity contribution in [3.63, 3.8) is 0 Å². The summed E-state index contributed by atoms with van der Waals surface area (Å²) in [6.07, 6.45) is 0.919. The number of hydrogen-bond acceptors (Lipinski definition) is 4. The lowest BCUT2D eigenvalue weighted by molar-refractivity contribution is -0.127. The molecule has 5 rings (SSSR count). The minimum Gasteiger partial charge on any atom is -0.493 e. The van der Waals surface area contributed by atoms with Crippen molar-refractivity contribution in [2.24, 2.45) is 5.92 Å². The highest BCUT2D eigenvalue weighted by atomic mass is 32.1. The second-order valence-corrected chi connectivity index (χ2v) is 9.09. The molecule has 3 heterocycles. The molecule has 1 aromatic heterocycles. The van der Waals surface area contributed by atoms with Crippen LogP contribution in [-0.2, 0) is 9.59 Å². The zero-order valence-corrected chi connectivity index (χ0v) is 18.1. The molecular formula is C25H24N2O3S. The van der Waals surface area contributed by atoms with Gasteiger partial charge in [0.15, 0.2) is 0 Å². The molecule has 0 aliphatic carbocycles. The first-order valence-corrected chi connectivity index (χ1v) is 11.4. The number of carbonyl (C=O) groups excluding carboxylic acids is 2. The maximum atomic E-state index is 13.5. The van der Waals surface area contributed by atoms with Crippen LogP contribution in [0.1, 0.15) is 40.9 Å². The number of carbonyl (C=O) groups is 2. The fourth-order valence-corrected chi connectivity index (χ4v) is 5.42. The van der Waals surface area contributed by atoms with E-state index in [0.717, 1.165) is 33.9 Å². The van der Waals surface area contributed by atoms with Gasteiger partial charge in [-0.25, -0.2) is 0 Å². The van der Waals surface area contributed by atoms with Crippen LogP contribution >= 0.6 is 11.3 Å². The molecule has 31 heavy (non-hydrogen) atoms. The summed E-state index contributed by atoms with van der Waals surface area (Å²) >= 11 is 1.59. The van der Waals surface area contributed by atoms with E-state index in [4.69, 9.17) is 4.74 Å².